The van der Waals surface area contributed by atoms with Gasteiger partial charge in [0, 0.05) is 12.7 Å². The molecule has 18 heteroatoms. The highest BCUT2D eigenvalue weighted by molar-refractivity contribution is 5.93. The number of carbonyl (C=O) groups excluding carboxylic acids is 2. The normalized spacial score (nSPS) is 19.5. The molecule has 1 aliphatic rings. The Morgan fingerprint density at radius 3 is 2.49 bits per heavy atom. The number of carbonyl (C=O) groups is 2. The van der Waals surface area contributed by atoms with Crippen LogP contribution in [0.1, 0.15) is 73.1 Å². The minimum atomic E-state index is -4.71. The number of urea groups is 1. The van der Waals surface area contributed by atoms with Gasteiger partial charge in [-0.25, -0.2) is 18.9 Å². The number of halogens is 6. The van der Waals surface area contributed by atoms with Gasteiger partial charge >= 0.3 is 18.4 Å². The smallest absolute Gasteiger partial charge is 0.382 e. The van der Waals surface area contributed by atoms with E-state index in [-0.39, 0.29) is 42.2 Å². The van der Waals surface area contributed by atoms with Crippen LogP contribution >= 0.6 is 0 Å². The third-order valence-corrected chi connectivity index (χ3v) is 7.56. The van der Waals surface area contributed by atoms with Gasteiger partial charge in [0.15, 0.2) is 16.9 Å². The number of imidazole rings is 1. The second-order valence-electron chi connectivity index (χ2n) is 11.3. The number of nitrogens with one attached hydrogen (secondary N) is 2. The average Bonchev–Trinajstić information content (AvgIpc) is 3.60. The van der Waals surface area contributed by atoms with E-state index < -0.39 is 53.9 Å². The third kappa shape index (κ3) is 6.37. The van der Waals surface area contributed by atoms with Crippen molar-refractivity contribution in [2.75, 3.05) is 20.3 Å². The summed E-state index contributed by atoms with van der Waals surface area (Å²) in [4.78, 5) is 30.9. The summed E-state index contributed by atoms with van der Waals surface area (Å²) in [5, 5.41) is 15.9. The zero-order chi connectivity index (χ0) is 32.0. The molecule has 2 N–H and O–H groups in total. The Labute approximate surface area is 241 Å². The van der Waals surface area contributed by atoms with Crippen LogP contribution in [0.25, 0.3) is 5.65 Å². The van der Waals surface area contributed by atoms with E-state index in [9.17, 15) is 35.9 Å². The molecule has 0 radical (unpaired) electrons. The Balaban J connectivity index is 1.66. The molecule has 4 rings (SSSR count). The van der Waals surface area contributed by atoms with E-state index in [1.807, 2.05) is 5.32 Å². The average molecular weight is 621 g/mol. The Kier molecular flexibility index (Phi) is 8.38. The van der Waals surface area contributed by atoms with Crippen molar-refractivity contribution in [1.29, 1.82) is 0 Å². The molecule has 0 saturated carbocycles. The first-order chi connectivity index (χ1) is 19.9. The monoisotopic (exact) mass is 620 g/mol. The lowest BCUT2D eigenvalue weighted by Gasteiger charge is -2.29. The fraction of sp³-hybridized carbons (Fsp3) is 0.600. The quantitative estimate of drug-likeness (QED) is 0.320. The van der Waals surface area contributed by atoms with E-state index in [2.05, 4.69) is 30.3 Å². The van der Waals surface area contributed by atoms with Gasteiger partial charge in [-0.2, -0.15) is 31.4 Å². The van der Waals surface area contributed by atoms with Crippen LogP contribution in [0.15, 0.2) is 23.1 Å². The van der Waals surface area contributed by atoms with Crippen molar-refractivity contribution < 1.29 is 45.3 Å². The van der Waals surface area contributed by atoms with Crippen LogP contribution in [0.2, 0.25) is 0 Å². The molecule has 12 nitrogen and oxygen atoms in total. The first kappa shape index (κ1) is 32.0. The molecule has 0 aromatic carbocycles. The number of aromatic nitrogens is 5. The Morgan fingerprint density at radius 1 is 1.23 bits per heavy atom. The minimum Gasteiger partial charge on any atom is -0.382 e. The first-order valence-corrected chi connectivity index (χ1v) is 13.0. The van der Waals surface area contributed by atoms with Crippen LogP contribution < -0.4 is 10.6 Å². The highest BCUT2D eigenvalue weighted by Crippen LogP contribution is 2.42. The number of hydrogen-bond acceptors (Lipinski definition) is 8. The molecule has 3 aromatic rings. The van der Waals surface area contributed by atoms with Gasteiger partial charge in [-0.05, 0) is 37.9 Å². The number of fused-ring (bicyclic) bond motifs is 1. The molecule has 3 atom stereocenters. The van der Waals surface area contributed by atoms with Crippen molar-refractivity contribution in [2.24, 2.45) is 5.41 Å². The number of rotatable bonds is 10. The van der Waals surface area contributed by atoms with Crippen molar-refractivity contribution >= 4 is 17.6 Å². The van der Waals surface area contributed by atoms with E-state index in [0.29, 0.717) is 5.56 Å². The molecule has 4 heterocycles. The molecule has 1 saturated heterocycles. The lowest BCUT2D eigenvalue weighted by Crippen LogP contribution is -2.53. The molecule has 1 fully saturated rings. The van der Waals surface area contributed by atoms with Gasteiger partial charge < -0.3 is 20.3 Å². The number of methoxy groups -OCH3 is 1. The molecule has 0 spiro atoms. The van der Waals surface area contributed by atoms with E-state index in [1.54, 1.807) is 0 Å². The summed E-state index contributed by atoms with van der Waals surface area (Å²) in [5.74, 6) is -0.743. The van der Waals surface area contributed by atoms with Crippen LogP contribution in [0.5, 0.6) is 0 Å². The van der Waals surface area contributed by atoms with Gasteiger partial charge in [-0.1, -0.05) is 19.0 Å². The zero-order valence-electron chi connectivity index (χ0n) is 23.8. The SMILES string of the molecule is COC[C@H](c1cnn2cc([C@H](CCC(C)(C)C(F)(F)F)NC(=O)c3nonc3C)nc2c1)N1C[C@](C)(C(F)(F)F)NC1=O. The molecule has 0 bridgehead atoms. The van der Waals surface area contributed by atoms with Crippen molar-refractivity contribution in [2.45, 2.75) is 70.5 Å². The molecule has 236 valence electrons. The van der Waals surface area contributed by atoms with Crippen LogP contribution in [0.3, 0.4) is 0 Å². The van der Waals surface area contributed by atoms with Gasteiger partial charge in [0.1, 0.15) is 5.69 Å². The molecule has 0 unspecified atom stereocenters. The summed E-state index contributed by atoms with van der Waals surface area (Å²) < 4.78 is 92.7. The maximum atomic E-state index is 13.6. The van der Waals surface area contributed by atoms with Crippen molar-refractivity contribution in [1.82, 2.24) is 40.4 Å². The summed E-state index contributed by atoms with van der Waals surface area (Å²) in [6, 6.07) is -1.47. The summed E-state index contributed by atoms with van der Waals surface area (Å²) in [6.45, 7) is 3.59. The van der Waals surface area contributed by atoms with Gasteiger partial charge in [0.2, 0.25) is 0 Å². The number of alkyl halides is 6. The topological polar surface area (TPSA) is 140 Å². The Hall–Kier alpha value is -3.96. The van der Waals surface area contributed by atoms with Crippen LogP contribution in [-0.2, 0) is 4.74 Å². The van der Waals surface area contributed by atoms with E-state index in [1.165, 1.54) is 37.0 Å². The molecular formula is C25H30F6N8O4. The first-order valence-electron chi connectivity index (χ1n) is 13.0. The van der Waals surface area contributed by atoms with Crippen LogP contribution in [-0.4, -0.2) is 79.9 Å². The Morgan fingerprint density at radius 2 is 1.93 bits per heavy atom. The number of aryl methyl sites for hydroxylation is 1. The number of amides is 3. The lowest BCUT2D eigenvalue weighted by atomic mass is 9.85. The summed E-state index contributed by atoms with van der Waals surface area (Å²) in [5.41, 5.74) is -3.91. The third-order valence-electron chi connectivity index (χ3n) is 7.56. The largest absolute Gasteiger partial charge is 0.413 e. The second-order valence-corrected chi connectivity index (χ2v) is 11.3. The molecule has 1 aliphatic heterocycles. The van der Waals surface area contributed by atoms with Crippen LogP contribution in [0, 0.1) is 12.3 Å². The lowest BCUT2D eigenvalue weighted by molar-refractivity contribution is -0.214. The number of nitrogens with zero attached hydrogens (tertiary/aromatic N) is 6. The predicted octanol–water partition coefficient (Wildman–Crippen LogP) is 4.29. The van der Waals surface area contributed by atoms with E-state index >= 15 is 0 Å². The van der Waals surface area contributed by atoms with Crippen molar-refractivity contribution in [3.8, 4) is 0 Å². The highest BCUT2D eigenvalue weighted by atomic mass is 19.4. The van der Waals surface area contributed by atoms with Gasteiger partial charge in [-0.15, -0.1) is 0 Å². The van der Waals surface area contributed by atoms with Gasteiger partial charge in [0.25, 0.3) is 5.91 Å². The summed E-state index contributed by atoms with van der Waals surface area (Å²) in [6.07, 6.45) is -7.03. The number of ether oxygens (including phenoxy) is 1. The summed E-state index contributed by atoms with van der Waals surface area (Å²) >= 11 is 0. The Bertz CT molecular complexity index is 1490. The molecule has 3 amide bonds. The highest BCUT2D eigenvalue weighted by Gasteiger charge is 2.58. The minimum absolute atomic E-state index is 0.151. The van der Waals surface area contributed by atoms with Crippen molar-refractivity contribution in [3.05, 3.63) is 41.1 Å². The standard InChI is InChI=1S/C25H30F6N8O4/c1-13-19(37-43-36-13)20(40)34-15(6-7-22(2,3)24(26,27)28)16-10-39-18(33-16)8-14(9-32-39)17(11-42-5)38-12-23(4,25(29,30)31)35-21(38)41/h8-10,15,17H,6-7,11-12H2,1-5H3,(H,34,40)(H,35,41)/t15-,17+,23+/m0/s1. The second kappa shape index (κ2) is 11.3. The van der Waals surface area contributed by atoms with Crippen molar-refractivity contribution in [3.63, 3.8) is 0 Å². The van der Waals surface area contributed by atoms with Gasteiger partial charge in [-0.3, -0.25) is 4.79 Å². The van der Waals surface area contributed by atoms with Gasteiger partial charge in [0.05, 0.1) is 48.7 Å². The van der Waals surface area contributed by atoms with E-state index in [4.69, 9.17) is 4.74 Å². The predicted molar refractivity (Wildman–Crippen MR) is 136 cm³/mol. The fourth-order valence-corrected chi connectivity index (χ4v) is 4.56. The summed E-state index contributed by atoms with van der Waals surface area (Å²) in [7, 11) is 1.32. The molecule has 0 aliphatic carbocycles. The number of hydrogen-bond donors (Lipinski definition) is 2. The van der Waals surface area contributed by atoms with Crippen LogP contribution in [0.4, 0.5) is 31.1 Å². The fourth-order valence-electron chi connectivity index (χ4n) is 4.56. The van der Waals surface area contributed by atoms with E-state index in [0.717, 1.165) is 25.7 Å². The maximum absolute atomic E-state index is 13.6. The molecular weight excluding hydrogens is 590 g/mol. The molecule has 3 aromatic heterocycles. The maximum Gasteiger partial charge on any atom is 0.413 e. The molecule has 43 heavy (non-hydrogen) atoms. The zero-order valence-corrected chi connectivity index (χ0v) is 23.8.